The Kier molecular flexibility index (Phi) is 3.73. The molecule has 0 bridgehead atoms. The van der Waals surface area contributed by atoms with E-state index in [1.54, 1.807) is 12.1 Å². The number of carboxylic acid groups (broad SMARTS) is 1. The van der Waals surface area contributed by atoms with Gasteiger partial charge in [0.1, 0.15) is 0 Å². The minimum absolute atomic E-state index is 0.297. The molecule has 0 spiro atoms. The predicted octanol–water partition coefficient (Wildman–Crippen LogP) is 6.15. The second-order valence-electron chi connectivity index (χ2n) is 6.80. The fourth-order valence-corrected chi connectivity index (χ4v) is 3.81. The van der Waals surface area contributed by atoms with Crippen LogP contribution in [0.3, 0.4) is 0 Å². The van der Waals surface area contributed by atoms with Gasteiger partial charge >= 0.3 is 5.97 Å². The Hall–Kier alpha value is -3.85. The van der Waals surface area contributed by atoms with Gasteiger partial charge in [-0.3, -0.25) is 0 Å². The second kappa shape index (κ2) is 6.39. The molecule has 0 aliphatic carbocycles. The van der Waals surface area contributed by atoms with E-state index in [0.29, 0.717) is 5.56 Å². The van der Waals surface area contributed by atoms with Crippen molar-refractivity contribution in [2.24, 2.45) is 0 Å². The van der Waals surface area contributed by atoms with Gasteiger partial charge in [0.2, 0.25) is 0 Å². The average molecular weight is 363 g/mol. The number of hydrogen-bond donors (Lipinski definition) is 1. The number of hydrogen-bond acceptors (Lipinski definition) is 1. The zero-order valence-corrected chi connectivity index (χ0v) is 15.0. The number of benzene rings is 4. The van der Waals surface area contributed by atoms with E-state index in [9.17, 15) is 4.79 Å². The van der Waals surface area contributed by atoms with E-state index in [4.69, 9.17) is 5.11 Å². The molecule has 5 rings (SSSR count). The Labute approximate surface area is 162 Å². The molecule has 1 aromatic heterocycles. The summed E-state index contributed by atoms with van der Waals surface area (Å²) in [6.07, 6.45) is 0. The fourth-order valence-electron chi connectivity index (χ4n) is 3.81. The highest BCUT2D eigenvalue weighted by atomic mass is 16.4. The van der Waals surface area contributed by atoms with Crippen LogP contribution in [0, 0.1) is 0 Å². The molecule has 0 fully saturated rings. The van der Waals surface area contributed by atoms with Gasteiger partial charge in [-0.2, -0.15) is 0 Å². The van der Waals surface area contributed by atoms with Crippen molar-refractivity contribution >= 4 is 27.8 Å². The maximum Gasteiger partial charge on any atom is 0.335 e. The summed E-state index contributed by atoms with van der Waals surface area (Å²) in [6, 6.07) is 32.2. The molecule has 4 aromatic carbocycles. The standard InChI is InChI=1S/C25H17NO2/c27-25(28)19-11-9-17(10-12-19)18-13-15-20(16-14-18)26-23-7-3-1-5-21(23)22-6-2-4-8-24(22)26/h1-16H,(H,27,28). The Balaban J connectivity index is 1.62. The van der Waals surface area contributed by atoms with Gasteiger partial charge < -0.3 is 9.67 Å². The largest absolute Gasteiger partial charge is 0.478 e. The molecule has 0 saturated carbocycles. The van der Waals surface area contributed by atoms with Crippen LogP contribution in [0.25, 0.3) is 38.6 Å². The van der Waals surface area contributed by atoms with E-state index >= 15 is 0 Å². The van der Waals surface area contributed by atoms with Crippen LogP contribution in [0.5, 0.6) is 0 Å². The van der Waals surface area contributed by atoms with Gasteiger partial charge in [0, 0.05) is 16.5 Å². The van der Waals surface area contributed by atoms with Crippen molar-refractivity contribution in [2.75, 3.05) is 0 Å². The number of rotatable bonds is 3. The number of para-hydroxylation sites is 2. The molecule has 0 radical (unpaired) electrons. The molecule has 0 unspecified atom stereocenters. The molecule has 3 heteroatoms. The van der Waals surface area contributed by atoms with Crippen LogP contribution < -0.4 is 0 Å². The number of carbonyl (C=O) groups is 1. The van der Waals surface area contributed by atoms with Crippen LogP contribution in [0.4, 0.5) is 0 Å². The molecule has 0 aliphatic rings. The van der Waals surface area contributed by atoms with E-state index in [1.807, 2.05) is 12.1 Å². The Morgan fingerprint density at radius 2 is 1.07 bits per heavy atom. The Morgan fingerprint density at radius 3 is 1.57 bits per heavy atom. The first-order chi connectivity index (χ1) is 13.7. The van der Waals surface area contributed by atoms with Crippen molar-refractivity contribution in [3.8, 4) is 16.8 Å². The highest BCUT2D eigenvalue weighted by Crippen LogP contribution is 2.32. The summed E-state index contributed by atoms with van der Waals surface area (Å²) < 4.78 is 2.28. The lowest BCUT2D eigenvalue weighted by atomic mass is 10.0. The van der Waals surface area contributed by atoms with Crippen LogP contribution in [-0.2, 0) is 0 Å². The minimum Gasteiger partial charge on any atom is -0.478 e. The van der Waals surface area contributed by atoms with Crippen LogP contribution in [0.1, 0.15) is 10.4 Å². The van der Waals surface area contributed by atoms with Gasteiger partial charge in [-0.05, 0) is 47.5 Å². The summed E-state index contributed by atoms with van der Waals surface area (Å²) in [4.78, 5) is 11.0. The molecule has 1 heterocycles. The van der Waals surface area contributed by atoms with E-state index in [0.717, 1.165) is 16.8 Å². The lowest BCUT2D eigenvalue weighted by Gasteiger charge is -2.09. The number of carboxylic acids is 1. The summed E-state index contributed by atoms with van der Waals surface area (Å²) in [5, 5.41) is 11.5. The molecule has 0 amide bonds. The van der Waals surface area contributed by atoms with E-state index in [1.165, 1.54) is 21.8 Å². The SMILES string of the molecule is O=C(O)c1ccc(-c2ccc(-n3c4ccccc4c4ccccc43)cc2)cc1. The predicted molar refractivity (Wildman–Crippen MR) is 113 cm³/mol. The zero-order chi connectivity index (χ0) is 19.1. The van der Waals surface area contributed by atoms with Crippen LogP contribution >= 0.6 is 0 Å². The average Bonchev–Trinajstić information content (AvgIpc) is 3.08. The normalized spacial score (nSPS) is 11.1. The first kappa shape index (κ1) is 16.3. The number of aromatic nitrogens is 1. The maximum absolute atomic E-state index is 11.0. The molecule has 0 aliphatic heterocycles. The van der Waals surface area contributed by atoms with Crippen molar-refractivity contribution in [3.63, 3.8) is 0 Å². The first-order valence-corrected chi connectivity index (χ1v) is 9.15. The summed E-state index contributed by atoms with van der Waals surface area (Å²) in [7, 11) is 0. The summed E-state index contributed by atoms with van der Waals surface area (Å²) >= 11 is 0. The van der Waals surface area contributed by atoms with E-state index < -0.39 is 5.97 Å². The molecule has 3 nitrogen and oxygen atoms in total. The Bertz CT molecular complexity index is 1260. The number of fused-ring (bicyclic) bond motifs is 3. The van der Waals surface area contributed by atoms with Crippen LogP contribution in [-0.4, -0.2) is 15.6 Å². The molecular weight excluding hydrogens is 346 g/mol. The highest BCUT2D eigenvalue weighted by molar-refractivity contribution is 6.09. The van der Waals surface area contributed by atoms with Crippen molar-refractivity contribution in [1.82, 2.24) is 4.57 Å². The third-order valence-electron chi connectivity index (χ3n) is 5.17. The van der Waals surface area contributed by atoms with Crippen molar-refractivity contribution in [1.29, 1.82) is 0 Å². The van der Waals surface area contributed by atoms with Crippen molar-refractivity contribution in [3.05, 3.63) is 103 Å². The summed E-state index contributed by atoms with van der Waals surface area (Å²) in [5.41, 5.74) is 5.82. The van der Waals surface area contributed by atoms with Gasteiger partial charge in [0.15, 0.2) is 0 Å². The van der Waals surface area contributed by atoms with Gasteiger partial charge in [0.25, 0.3) is 0 Å². The van der Waals surface area contributed by atoms with Gasteiger partial charge in [-0.1, -0.05) is 60.7 Å². The topological polar surface area (TPSA) is 42.2 Å². The van der Waals surface area contributed by atoms with Gasteiger partial charge in [-0.25, -0.2) is 4.79 Å². The van der Waals surface area contributed by atoms with Crippen LogP contribution in [0.15, 0.2) is 97.1 Å². The molecule has 0 saturated heterocycles. The van der Waals surface area contributed by atoms with Crippen molar-refractivity contribution < 1.29 is 9.90 Å². The summed E-state index contributed by atoms with van der Waals surface area (Å²) in [5.74, 6) is -0.909. The highest BCUT2D eigenvalue weighted by Gasteiger charge is 2.11. The monoisotopic (exact) mass is 363 g/mol. The third-order valence-corrected chi connectivity index (χ3v) is 5.17. The lowest BCUT2D eigenvalue weighted by molar-refractivity contribution is 0.0697. The number of nitrogens with zero attached hydrogens (tertiary/aromatic N) is 1. The minimum atomic E-state index is -0.909. The van der Waals surface area contributed by atoms with Gasteiger partial charge in [-0.15, -0.1) is 0 Å². The third kappa shape index (κ3) is 2.57. The zero-order valence-electron chi connectivity index (χ0n) is 15.0. The molecular formula is C25H17NO2. The van der Waals surface area contributed by atoms with Gasteiger partial charge in [0.05, 0.1) is 16.6 Å². The fraction of sp³-hybridized carbons (Fsp3) is 0. The summed E-state index contributed by atoms with van der Waals surface area (Å²) in [6.45, 7) is 0. The molecule has 134 valence electrons. The maximum atomic E-state index is 11.0. The van der Waals surface area contributed by atoms with E-state index in [-0.39, 0.29) is 0 Å². The Morgan fingerprint density at radius 1 is 0.607 bits per heavy atom. The molecule has 1 N–H and O–H groups in total. The molecule has 0 atom stereocenters. The smallest absolute Gasteiger partial charge is 0.335 e. The molecule has 5 aromatic rings. The lowest BCUT2D eigenvalue weighted by Crippen LogP contribution is -1.95. The number of aromatic carboxylic acids is 1. The molecule has 28 heavy (non-hydrogen) atoms. The first-order valence-electron chi connectivity index (χ1n) is 9.15. The second-order valence-corrected chi connectivity index (χ2v) is 6.80. The van der Waals surface area contributed by atoms with Crippen molar-refractivity contribution in [2.45, 2.75) is 0 Å². The van der Waals surface area contributed by atoms with Crippen LogP contribution in [0.2, 0.25) is 0 Å². The quantitative estimate of drug-likeness (QED) is 0.418. The van der Waals surface area contributed by atoms with E-state index in [2.05, 4.69) is 77.4 Å².